The normalized spacial score (nSPS) is 7.73. The third kappa shape index (κ3) is 32.5. The molecule has 0 aliphatic heterocycles. The highest BCUT2D eigenvalue weighted by Gasteiger charge is 1.95. The van der Waals surface area contributed by atoms with E-state index in [2.05, 4.69) is 0 Å². The van der Waals surface area contributed by atoms with Gasteiger partial charge in [0.1, 0.15) is 23.1 Å². The molecule has 0 amide bonds. The Bertz CT molecular complexity index is 196. The zero-order valence-electron chi connectivity index (χ0n) is 9.75. The lowest BCUT2D eigenvalue weighted by atomic mass is 10.2. The highest BCUT2D eigenvalue weighted by molar-refractivity contribution is 5.97. The fraction of sp³-hybridized carbons (Fsp3) is 0.600. The molecule has 88 valence electrons. The van der Waals surface area contributed by atoms with Crippen molar-refractivity contribution in [1.82, 2.24) is 6.15 Å². The van der Waals surface area contributed by atoms with Crippen molar-refractivity contribution in [2.75, 3.05) is 0 Å². The van der Waals surface area contributed by atoms with Crippen LogP contribution in [0.15, 0.2) is 0 Å². The van der Waals surface area contributed by atoms with Crippen LogP contribution in [0, 0.1) is 0 Å². The molecule has 0 bridgehead atoms. The lowest BCUT2D eigenvalue weighted by molar-refractivity contribution is -0.126. The molecule has 3 N–H and O–H groups in total. The van der Waals surface area contributed by atoms with Gasteiger partial charge in [0, 0.05) is 0 Å². The van der Waals surface area contributed by atoms with Gasteiger partial charge in [0.15, 0.2) is 0 Å². The first-order chi connectivity index (χ1) is 6.25. The third-order valence-electron chi connectivity index (χ3n) is 0.996. The third-order valence-corrected chi connectivity index (χ3v) is 0.996. The van der Waals surface area contributed by atoms with Crippen molar-refractivity contribution in [3.05, 3.63) is 0 Å². The van der Waals surface area contributed by atoms with Crippen LogP contribution in [0.25, 0.3) is 0 Å². The summed E-state index contributed by atoms with van der Waals surface area (Å²) in [6.07, 6.45) is 0.167. The first kappa shape index (κ1) is 19.2. The maximum absolute atomic E-state index is 10.0. The highest BCUT2D eigenvalue weighted by atomic mass is 16.2. The van der Waals surface area contributed by atoms with E-state index in [0.29, 0.717) is 0 Å². The van der Waals surface area contributed by atoms with Crippen molar-refractivity contribution in [1.29, 1.82) is 0 Å². The molecule has 0 saturated carbocycles. The van der Waals surface area contributed by atoms with Gasteiger partial charge in [-0.2, -0.15) is 0 Å². The van der Waals surface area contributed by atoms with E-state index in [1.807, 2.05) is 0 Å². The fourth-order valence-corrected chi connectivity index (χ4v) is 0.701. The molecular formula is C10H19NO4. The lowest BCUT2D eigenvalue weighted by Gasteiger charge is -1.81. The minimum Gasteiger partial charge on any atom is -0.344 e. The predicted octanol–water partition coefficient (Wildman–Crippen LogP) is 1.27. The molecule has 0 saturated heterocycles. The summed E-state index contributed by atoms with van der Waals surface area (Å²) in [4.78, 5) is 40.1. The average molecular weight is 217 g/mol. The molecule has 0 aromatic rings. The Morgan fingerprint density at radius 2 is 0.733 bits per heavy atom. The minimum atomic E-state index is -0.0625. The van der Waals surface area contributed by atoms with Gasteiger partial charge in [0.05, 0.1) is 12.8 Å². The number of rotatable bonds is 4. The molecular weight excluding hydrogens is 198 g/mol. The summed E-state index contributed by atoms with van der Waals surface area (Å²) in [5.41, 5.74) is 0. The van der Waals surface area contributed by atoms with E-state index in [-0.39, 0.29) is 42.1 Å². The zero-order chi connectivity index (χ0) is 11.7. The number of carbonyl (C=O) groups is 4. The van der Waals surface area contributed by atoms with Crippen LogP contribution in [-0.4, -0.2) is 23.1 Å². The molecule has 0 heterocycles. The summed E-state index contributed by atoms with van der Waals surface area (Å²) in [6, 6.07) is 0. The second-order valence-corrected chi connectivity index (χ2v) is 3.16. The molecule has 0 aromatic carbocycles. The van der Waals surface area contributed by atoms with Crippen LogP contribution in [0.5, 0.6) is 0 Å². The Kier molecular flexibility index (Phi) is 13.8. The van der Waals surface area contributed by atoms with Gasteiger partial charge >= 0.3 is 0 Å². The van der Waals surface area contributed by atoms with E-state index in [0.717, 1.165) is 0 Å². The molecule has 0 radical (unpaired) electrons. The van der Waals surface area contributed by atoms with E-state index >= 15 is 0 Å². The van der Waals surface area contributed by atoms with Gasteiger partial charge in [-0.15, -0.1) is 0 Å². The van der Waals surface area contributed by atoms with E-state index in [1.54, 1.807) is 0 Å². The van der Waals surface area contributed by atoms with Crippen LogP contribution in [0.2, 0.25) is 0 Å². The van der Waals surface area contributed by atoms with Gasteiger partial charge in [-0.3, -0.25) is 19.2 Å². The second kappa shape index (κ2) is 10.7. The number of ketones is 4. The summed E-state index contributed by atoms with van der Waals surface area (Å²) < 4.78 is 0. The van der Waals surface area contributed by atoms with Crippen molar-refractivity contribution in [2.45, 2.75) is 40.5 Å². The molecule has 0 spiro atoms. The molecule has 0 atom stereocenters. The van der Waals surface area contributed by atoms with E-state index in [4.69, 9.17) is 0 Å². The largest absolute Gasteiger partial charge is 0.344 e. The Morgan fingerprint density at radius 3 is 0.733 bits per heavy atom. The van der Waals surface area contributed by atoms with Crippen molar-refractivity contribution < 1.29 is 19.2 Å². The van der Waals surface area contributed by atoms with E-state index in [9.17, 15) is 19.2 Å². The van der Waals surface area contributed by atoms with Crippen molar-refractivity contribution in [3.63, 3.8) is 0 Å². The topological polar surface area (TPSA) is 103 Å². The van der Waals surface area contributed by atoms with Crippen LogP contribution in [0.3, 0.4) is 0 Å². The fourth-order valence-electron chi connectivity index (χ4n) is 0.701. The van der Waals surface area contributed by atoms with Crippen LogP contribution in [0.1, 0.15) is 40.5 Å². The van der Waals surface area contributed by atoms with Crippen molar-refractivity contribution >= 4 is 23.1 Å². The van der Waals surface area contributed by atoms with Crippen LogP contribution >= 0.6 is 0 Å². The standard InChI is InChI=1S/2C5H8O2.H3N/c2*1-4(6)3-5(2)7;/h2*3H2,1-2H3;1H3. The second-order valence-electron chi connectivity index (χ2n) is 3.16. The zero-order valence-corrected chi connectivity index (χ0v) is 9.75. The van der Waals surface area contributed by atoms with Crippen LogP contribution < -0.4 is 6.15 Å². The summed E-state index contributed by atoms with van der Waals surface area (Å²) >= 11 is 0. The molecule has 0 unspecified atom stereocenters. The Labute approximate surface area is 89.8 Å². The summed E-state index contributed by atoms with van der Waals surface area (Å²) in [7, 11) is 0. The van der Waals surface area contributed by atoms with Crippen molar-refractivity contribution in [3.8, 4) is 0 Å². The molecule has 0 aliphatic rings. The maximum atomic E-state index is 10.0. The predicted molar refractivity (Wildman–Crippen MR) is 57.0 cm³/mol. The van der Waals surface area contributed by atoms with Crippen molar-refractivity contribution in [2.24, 2.45) is 0 Å². The minimum absolute atomic E-state index is 0. The first-order valence-electron chi connectivity index (χ1n) is 4.23. The summed E-state index contributed by atoms with van der Waals surface area (Å²) in [6.45, 7) is 5.62. The Hall–Kier alpha value is -1.36. The number of hydrogen-bond acceptors (Lipinski definition) is 5. The monoisotopic (exact) mass is 217 g/mol. The number of hydrogen-bond donors (Lipinski definition) is 1. The lowest BCUT2D eigenvalue weighted by Crippen LogP contribution is -1.97. The Balaban J connectivity index is -0.000000180. The van der Waals surface area contributed by atoms with Gasteiger partial charge in [0.2, 0.25) is 0 Å². The van der Waals surface area contributed by atoms with E-state index < -0.39 is 0 Å². The number of Topliss-reactive ketones (excluding diaryl/α,β-unsaturated/α-hetero) is 4. The van der Waals surface area contributed by atoms with Gasteiger partial charge in [-0.05, 0) is 27.7 Å². The SMILES string of the molecule is CC(=O)CC(C)=O.CC(=O)CC(C)=O.N. The molecule has 0 aromatic heterocycles. The Morgan fingerprint density at radius 1 is 0.600 bits per heavy atom. The van der Waals surface area contributed by atoms with Gasteiger partial charge < -0.3 is 6.15 Å². The number of carbonyl (C=O) groups excluding carboxylic acids is 4. The van der Waals surface area contributed by atoms with Gasteiger partial charge in [0.25, 0.3) is 0 Å². The first-order valence-corrected chi connectivity index (χ1v) is 4.23. The molecule has 0 rings (SSSR count). The molecule has 5 nitrogen and oxygen atoms in total. The van der Waals surface area contributed by atoms with Gasteiger partial charge in [-0.25, -0.2) is 0 Å². The molecule has 15 heavy (non-hydrogen) atoms. The highest BCUT2D eigenvalue weighted by Crippen LogP contribution is 1.80. The summed E-state index contributed by atoms with van der Waals surface area (Å²) in [5, 5.41) is 0. The molecule has 5 heteroatoms. The van der Waals surface area contributed by atoms with Crippen LogP contribution in [0.4, 0.5) is 0 Å². The molecule has 0 aliphatic carbocycles. The quantitative estimate of drug-likeness (QED) is 0.714. The average Bonchev–Trinajstić information content (AvgIpc) is 1.79. The smallest absolute Gasteiger partial charge is 0.137 e. The van der Waals surface area contributed by atoms with Crippen LogP contribution in [-0.2, 0) is 19.2 Å². The molecule has 0 fully saturated rings. The van der Waals surface area contributed by atoms with Gasteiger partial charge in [-0.1, -0.05) is 0 Å². The maximum Gasteiger partial charge on any atom is 0.137 e. The van der Waals surface area contributed by atoms with E-state index in [1.165, 1.54) is 27.7 Å². The summed E-state index contributed by atoms with van der Waals surface area (Å²) in [5.74, 6) is -0.250.